The first-order valence-electron chi connectivity index (χ1n) is 9.23. The maximum absolute atomic E-state index is 12.6. The summed E-state index contributed by atoms with van der Waals surface area (Å²) in [6.45, 7) is 6.48. The zero-order valence-electron chi connectivity index (χ0n) is 16.6. The summed E-state index contributed by atoms with van der Waals surface area (Å²) in [7, 11) is 4.07. The molecule has 7 heteroatoms. The van der Waals surface area contributed by atoms with Gasteiger partial charge in [-0.05, 0) is 76.2 Å². The summed E-state index contributed by atoms with van der Waals surface area (Å²) in [4.78, 5) is 19.5. The molecule has 1 heterocycles. The number of aromatic nitrogens is 1. The molecular weight excluding hydrogens is 360 g/mol. The van der Waals surface area contributed by atoms with E-state index in [2.05, 4.69) is 27.3 Å². The molecule has 0 amide bonds. The van der Waals surface area contributed by atoms with Gasteiger partial charge in [0.25, 0.3) is 5.56 Å². The number of H-pyrrole nitrogens is 1. The summed E-state index contributed by atoms with van der Waals surface area (Å²) in [6, 6.07) is 6.05. The van der Waals surface area contributed by atoms with Gasteiger partial charge < -0.3 is 25.2 Å². The van der Waals surface area contributed by atoms with Gasteiger partial charge in [0, 0.05) is 18.7 Å². The minimum absolute atomic E-state index is 0.0246. The maximum atomic E-state index is 12.6. The van der Waals surface area contributed by atoms with Gasteiger partial charge in [0.1, 0.15) is 0 Å². The number of aliphatic hydroxyl groups excluding tert-OH is 1. The largest absolute Gasteiger partial charge is 0.395 e. The van der Waals surface area contributed by atoms with Gasteiger partial charge in [-0.2, -0.15) is 0 Å². The fraction of sp³-hybridized carbons (Fsp3) is 0.500. The molecule has 0 atom stereocenters. The summed E-state index contributed by atoms with van der Waals surface area (Å²) in [5.74, 6) is 0. The molecular formula is C20H30N4O2S. The molecule has 0 unspecified atom stereocenters. The third-order valence-electron chi connectivity index (χ3n) is 4.45. The van der Waals surface area contributed by atoms with Gasteiger partial charge in [0.05, 0.1) is 18.7 Å². The van der Waals surface area contributed by atoms with E-state index in [0.29, 0.717) is 23.8 Å². The van der Waals surface area contributed by atoms with Crippen LogP contribution in [0.3, 0.4) is 0 Å². The molecule has 0 saturated carbocycles. The van der Waals surface area contributed by atoms with E-state index in [1.165, 1.54) is 0 Å². The Morgan fingerprint density at radius 3 is 2.63 bits per heavy atom. The molecule has 0 fully saturated rings. The van der Waals surface area contributed by atoms with Gasteiger partial charge in [0.2, 0.25) is 0 Å². The molecule has 0 aliphatic carbocycles. The molecule has 1 aromatic heterocycles. The molecule has 0 radical (unpaired) electrons. The van der Waals surface area contributed by atoms with Gasteiger partial charge in [-0.1, -0.05) is 11.6 Å². The van der Waals surface area contributed by atoms with Crippen molar-refractivity contribution in [2.24, 2.45) is 0 Å². The lowest BCUT2D eigenvalue weighted by atomic mass is 10.1. The van der Waals surface area contributed by atoms with E-state index < -0.39 is 0 Å². The van der Waals surface area contributed by atoms with Crippen molar-refractivity contribution < 1.29 is 5.11 Å². The van der Waals surface area contributed by atoms with Gasteiger partial charge in [0.15, 0.2) is 5.11 Å². The highest BCUT2D eigenvalue weighted by molar-refractivity contribution is 7.80. The number of hydrogen-bond donors (Lipinski definition) is 3. The molecule has 0 aliphatic heterocycles. The number of hydrogen-bond acceptors (Lipinski definition) is 4. The van der Waals surface area contributed by atoms with Crippen molar-refractivity contribution in [3.8, 4) is 0 Å². The monoisotopic (exact) mass is 390 g/mol. The number of pyridine rings is 1. The molecule has 148 valence electrons. The molecule has 2 aromatic rings. The predicted molar refractivity (Wildman–Crippen MR) is 115 cm³/mol. The quantitative estimate of drug-likeness (QED) is 0.471. The third-order valence-corrected chi connectivity index (χ3v) is 4.85. The minimum Gasteiger partial charge on any atom is -0.395 e. The second-order valence-corrected chi connectivity index (χ2v) is 7.59. The highest BCUT2D eigenvalue weighted by Gasteiger charge is 2.13. The first-order chi connectivity index (χ1) is 12.8. The van der Waals surface area contributed by atoms with Gasteiger partial charge in [-0.15, -0.1) is 0 Å². The summed E-state index contributed by atoms with van der Waals surface area (Å²) in [6.07, 6.45) is 0.967. The van der Waals surface area contributed by atoms with E-state index in [-0.39, 0.29) is 12.2 Å². The van der Waals surface area contributed by atoms with Crippen LogP contribution in [0.15, 0.2) is 23.0 Å². The second kappa shape index (κ2) is 9.82. The molecule has 0 saturated heterocycles. The molecule has 6 nitrogen and oxygen atoms in total. The smallest absolute Gasteiger partial charge is 0.253 e. The standard InChI is InChI=1S/C20H30N4O2S/c1-14-10-15(2)18-16(11-14)12-17(19(26)22-18)13-24(8-9-25)20(27)21-6-5-7-23(3)4/h10-12,25H,5-9,13H2,1-4H3,(H,21,27)(H,22,26). The Morgan fingerprint density at radius 2 is 1.96 bits per heavy atom. The zero-order valence-corrected chi connectivity index (χ0v) is 17.4. The minimum atomic E-state index is -0.118. The summed E-state index contributed by atoms with van der Waals surface area (Å²) in [5.41, 5.74) is 3.60. The number of rotatable bonds is 8. The highest BCUT2D eigenvalue weighted by atomic mass is 32.1. The van der Waals surface area contributed by atoms with Crippen molar-refractivity contribution in [2.45, 2.75) is 26.8 Å². The van der Waals surface area contributed by atoms with Crippen LogP contribution in [0.5, 0.6) is 0 Å². The van der Waals surface area contributed by atoms with Crippen molar-refractivity contribution in [2.75, 3.05) is 40.3 Å². The van der Waals surface area contributed by atoms with Crippen LogP contribution in [0.25, 0.3) is 10.9 Å². The van der Waals surface area contributed by atoms with E-state index in [1.807, 2.05) is 38.9 Å². The van der Waals surface area contributed by atoms with Crippen LogP contribution in [-0.2, 0) is 6.54 Å². The number of aromatic amines is 1. The number of benzene rings is 1. The van der Waals surface area contributed by atoms with Crippen molar-refractivity contribution in [1.29, 1.82) is 0 Å². The second-order valence-electron chi connectivity index (χ2n) is 7.20. The summed E-state index contributed by atoms with van der Waals surface area (Å²) in [5, 5.41) is 14.2. The van der Waals surface area contributed by atoms with Crippen LogP contribution < -0.4 is 10.9 Å². The van der Waals surface area contributed by atoms with Crippen LogP contribution in [0.4, 0.5) is 0 Å². The summed E-state index contributed by atoms with van der Waals surface area (Å²) < 4.78 is 0. The van der Waals surface area contributed by atoms with Crippen LogP contribution in [0.1, 0.15) is 23.1 Å². The number of aliphatic hydroxyl groups is 1. The maximum Gasteiger partial charge on any atom is 0.253 e. The Kier molecular flexibility index (Phi) is 7.77. The van der Waals surface area contributed by atoms with Gasteiger partial charge in [-0.3, -0.25) is 4.79 Å². The average Bonchev–Trinajstić information content (AvgIpc) is 2.59. The molecule has 1 aromatic carbocycles. The first-order valence-corrected chi connectivity index (χ1v) is 9.64. The molecule has 0 spiro atoms. The fourth-order valence-electron chi connectivity index (χ4n) is 3.13. The highest BCUT2D eigenvalue weighted by Crippen LogP contribution is 2.18. The molecule has 2 rings (SSSR count). The molecule has 27 heavy (non-hydrogen) atoms. The van der Waals surface area contributed by atoms with Crippen LogP contribution >= 0.6 is 12.2 Å². The number of thiocarbonyl (C=S) groups is 1. The summed E-state index contributed by atoms with van der Waals surface area (Å²) >= 11 is 5.48. The van der Waals surface area contributed by atoms with Crippen LogP contribution in [-0.4, -0.2) is 65.3 Å². The molecule has 3 N–H and O–H groups in total. The lowest BCUT2D eigenvalue weighted by Crippen LogP contribution is -2.42. The molecule has 0 aliphatic rings. The van der Waals surface area contributed by atoms with Crippen LogP contribution in [0, 0.1) is 13.8 Å². The van der Waals surface area contributed by atoms with E-state index >= 15 is 0 Å². The van der Waals surface area contributed by atoms with E-state index in [9.17, 15) is 9.90 Å². The van der Waals surface area contributed by atoms with Crippen molar-refractivity contribution in [1.82, 2.24) is 20.1 Å². The van der Waals surface area contributed by atoms with Gasteiger partial charge >= 0.3 is 0 Å². The van der Waals surface area contributed by atoms with E-state index in [4.69, 9.17) is 12.2 Å². The number of fused-ring (bicyclic) bond motifs is 1. The Morgan fingerprint density at radius 1 is 1.22 bits per heavy atom. The topological polar surface area (TPSA) is 71.6 Å². The van der Waals surface area contributed by atoms with Gasteiger partial charge in [-0.25, -0.2) is 0 Å². The Labute approximate surface area is 166 Å². The third kappa shape index (κ3) is 6.02. The van der Waals surface area contributed by atoms with E-state index in [0.717, 1.165) is 41.5 Å². The van der Waals surface area contributed by atoms with Crippen molar-refractivity contribution >= 4 is 28.2 Å². The lowest BCUT2D eigenvalue weighted by molar-refractivity contribution is 0.245. The Hall–Kier alpha value is -1.96. The van der Waals surface area contributed by atoms with Crippen molar-refractivity contribution in [3.63, 3.8) is 0 Å². The SMILES string of the molecule is Cc1cc(C)c2[nH]c(=O)c(CN(CCO)C(=S)NCCCN(C)C)cc2c1. The first kappa shape index (κ1) is 21.3. The normalized spacial score (nSPS) is 11.2. The zero-order chi connectivity index (χ0) is 20.0. The average molecular weight is 391 g/mol. The molecule has 0 bridgehead atoms. The predicted octanol–water partition coefficient (Wildman–Crippen LogP) is 1.77. The lowest BCUT2D eigenvalue weighted by Gasteiger charge is -2.25. The fourth-order valence-corrected chi connectivity index (χ4v) is 3.39. The number of nitrogens with one attached hydrogen (secondary N) is 2. The van der Waals surface area contributed by atoms with E-state index in [1.54, 1.807) is 0 Å². The Balaban J connectivity index is 2.16. The number of nitrogens with zero attached hydrogens (tertiary/aromatic N) is 2. The van der Waals surface area contributed by atoms with Crippen molar-refractivity contribution in [3.05, 3.63) is 45.2 Å². The Bertz CT molecular complexity index is 848. The number of aryl methyl sites for hydroxylation is 2. The van der Waals surface area contributed by atoms with Crippen LogP contribution in [0.2, 0.25) is 0 Å².